The number of hydrogen-bond acceptors (Lipinski definition) is 4. The summed E-state index contributed by atoms with van der Waals surface area (Å²) in [6, 6.07) is 7.27. The van der Waals surface area contributed by atoms with Crippen LogP contribution in [-0.2, 0) is 0 Å². The van der Waals surface area contributed by atoms with Crippen LogP contribution in [0.15, 0.2) is 28.7 Å². The predicted molar refractivity (Wildman–Crippen MR) is 78.8 cm³/mol. The molecule has 5 heteroatoms. The first-order valence-electron chi connectivity index (χ1n) is 6.64. The molecule has 0 saturated heterocycles. The van der Waals surface area contributed by atoms with E-state index < -0.39 is 0 Å². The molecule has 0 bridgehead atoms. The standard InChI is InChI=1S/C15H19N3O2/c1-4-8-18(13-7-5-6-12(16)9-13)15(19)14-10(2)17-11(3)20-14/h5-7,9H,4,8,16H2,1-3H3. The van der Waals surface area contributed by atoms with Gasteiger partial charge in [0.05, 0.1) is 5.69 Å². The number of aromatic nitrogens is 1. The Labute approximate surface area is 118 Å². The molecule has 106 valence electrons. The first-order chi connectivity index (χ1) is 9.52. The second-order valence-corrected chi connectivity index (χ2v) is 4.70. The zero-order valence-electron chi connectivity index (χ0n) is 12.0. The maximum atomic E-state index is 12.6. The Hall–Kier alpha value is -2.30. The highest BCUT2D eigenvalue weighted by atomic mass is 16.4. The van der Waals surface area contributed by atoms with Crippen LogP contribution in [-0.4, -0.2) is 17.4 Å². The number of oxazole rings is 1. The first-order valence-corrected chi connectivity index (χ1v) is 6.64. The number of carbonyl (C=O) groups excluding carboxylic acids is 1. The minimum Gasteiger partial charge on any atom is -0.436 e. The average molecular weight is 273 g/mol. The lowest BCUT2D eigenvalue weighted by atomic mass is 10.2. The van der Waals surface area contributed by atoms with Gasteiger partial charge in [0.2, 0.25) is 5.76 Å². The van der Waals surface area contributed by atoms with Gasteiger partial charge in [-0.25, -0.2) is 4.98 Å². The largest absolute Gasteiger partial charge is 0.436 e. The van der Waals surface area contributed by atoms with Gasteiger partial charge in [-0.1, -0.05) is 13.0 Å². The fourth-order valence-corrected chi connectivity index (χ4v) is 2.12. The predicted octanol–water partition coefficient (Wildman–Crippen LogP) is 2.93. The molecule has 20 heavy (non-hydrogen) atoms. The maximum Gasteiger partial charge on any atom is 0.295 e. The number of benzene rings is 1. The summed E-state index contributed by atoms with van der Waals surface area (Å²) in [6.07, 6.45) is 0.840. The number of nitrogens with zero attached hydrogens (tertiary/aromatic N) is 2. The van der Waals surface area contributed by atoms with Crippen molar-refractivity contribution in [3.05, 3.63) is 41.6 Å². The van der Waals surface area contributed by atoms with E-state index in [0.717, 1.165) is 12.1 Å². The molecule has 2 N–H and O–H groups in total. The second-order valence-electron chi connectivity index (χ2n) is 4.70. The van der Waals surface area contributed by atoms with Crippen LogP contribution in [0.25, 0.3) is 0 Å². The van der Waals surface area contributed by atoms with E-state index >= 15 is 0 Å². The summed E-state index contributed by atoms with van der Waals surface area (Å²) in [5.74, 6) is 0.601. The Morgan fingerprint density at radius 3 is 2.70 bits per heavy atom. The maximum absolute atomic E-state index is 12.6. The lowest BCUT2D eigenvalue weighted by Gasteiger charge is -2.21. The van der Waals surface area contributed by atoms with Crippen molar-refractivity contribution in [3.8, 4) is 0 Å². The van der Waals surface area contributed by atoms with Crippen molar-refractivity contribution in [2.45, 2.75) is 27.2 Å². The third kappa shape index (κ3) is 2.82. The van der Waals surface area contributed by atoms with E-state index in [1.165, 1.54) is 0 Å². The third-order valence-corrected chi connectivity index (χ3v) is 2.97. The molecule has 0 aliphatic heterocycles. The third-order valence-electron chi connectivity index (χ3n) is 2.97. The molecule has 1 aromatic heterocycles. The van der Waals surface area contributed by atoms with Gasteiger partial charge in [0.1, 0.15) is 0 Å². The van der Waals surface area contributed by atoms with Gasteiger partial charge >= 0.3 is 0 Å². The molecule has 1 amide bonds. The normalized spacial score (nSPS) is 10.6. The molecule has 2 aromatic rings. The number of carbonyl (C=O) groups is 1. The molecule has 5 nitrogen and oxygen atoms in total. The van der Waals surface area contributed by atoms with Gasteiger partial charge < -0.3 is 15.1 Å². The van der Waals surface area contributed by atoms with Gasteiger partial charge in [0, 0.05) is 24.8 Å². The number of hydrogen-bond donors (Lipinski definition) is 1. The Balaban J connectivity index is 2.38. The summed E-state index contributed by atoms with van der Waals surface area (Å²) < 4.78 is 5.42. The summed E-state index contributed by atoms with van der Waals surface area (Å²) >= 11 is 0. The highest BCUT2D eigenvalue weighted by Crippen LogP contribution is 2.22. The number of rotatable bonds is 4. The molecule has 0 aliphatic carbocycles. The average Bonchev–Trinajstić information content (AvgIpc) is 2.74. The molecule has 1 heterocycles. The number of amides is 1. The van der Waals surface area contributed by atoms with Gasteiger partial charge in [-0.05, 0) is 31.5 Å². The molecule has 2 rings (SSSR count). The van der Waals surface area contributed by atoms with Crippen molar-refractivity contribution in [1.82, 2.24) is 4.98 Å². The summed E-state index contributed by atoms with van der Waals surface area (Å²) in [5.41, 5.74) is 7.80. The number of nitrogens with two attached hydrogens (primary N) is 1. The molecule has 0 atom stereocenters. The van der Waals surface area contributed by atoms with Crippen molar-refractivity contribution >= 4 is 17.3 Å². The Kier molecular flexibility index (Phi) is 4.08. The lowest BCUT2D eigenvalue weighted by molar-refractivity contribution is 0.0958. The molecule has 0 saturated carbocycles. The van der Waals surface area contributed by atoms with Crippen molar-refractivity contribution in [3.63, 3.8) is 0 Å². The van der Waals surface area contributed by atoms with Crippen LogP contribution in [0.5, 0.6) is 0 Å². The molecule has 0 unspecified atom stereocenters. The lowest BCUT2D eigenvalue weighted by Crippen LogP contribution is -2.31. The Bertz CT molecular complexity index is 619. The van der Waals surface area contributed by atoms with Crippen LogP contribution < -0.4 is 10.6 Å². The van der Waals surface area contributed by atoms with E-state index in [4.69, 9.17) is 10.2 Å². The van der Waals surface area contributed by atoms with Gasteiger partial charge in [-0.2, -0.15) is 0 Å². The molecule has 1 aromatic carbocycles. The minimum atomic E-state index is -0.185. The van der Waals surface area contributed by atoms with Crippen molar-refractivity contribution in [2.24, 2.45) is 0 Å². The second kappa shape index (κ2) is 5.77. The highest BCUT2D eigenvalue weighted by molar-refractivity contribution is 6.05. The Morgan fingerprint density at radius 2 is 2.15 bits per heavy atom. The monoisotopic (exact) mass is 273 g/mol. The molecule has 0 spiro atoms. The van der Waals surface area contributed by atoms with E-state index in [2.05, 4.69) is 4.98 Å². The summed E-state index contributed by atoms with van der Waals surface area (Å²) in [4.78, 5) is 18.4. The van der Waals surface area contributed by atoms with E-state index in [0.29, 0.717) is 29.6 Å². The van der Waals surface area contributed by atoms with Crippen molar-refractivity contribution in [1.29, 1.82) is 0 Å². The van der Waals surface area contributed by atoms with Crippen LogP contribution in [0.3, 0.4) is 0 Å². The molecule has 0 fully saturated rings. The van der Waals surface area contributed by atoms with Crippen LogP contribution in [0.1, 0.15) is 35.5 Å². The summed E-state index contributed by atoms with van der Waals surface area (Å²) in [7, 11) is 0. The fourth-order valence-electron chi connectivity index (χ4n) is 2.12. The number of aryl methyl sites for hydroxylation is 2. The molecular weight excluding hydrogens is 254 g/mol. The van der Waals surface area contributed by atoms with Crippen LogP contribution >= 0.6 is 0 Å². The quantitative estimate of drug-likeness (QED) is 0.869. The topological polar surface area (TPSA) is 72.4 Å². The summed E-state index contributed by atoms with van der Waals surface area (Å²) in [5, 5.41) is 0. The van der Waals surface area contributed by atoms with Gasteiger partial charge in [0.25, 0.3) is 5.91 Å². The van der Waals surface area contributed by atoms with Crippen LogP contribution in [0.4, 0.5) is 11.4 Å². The smallest absolute Gasteiger partial charge is 0.295 e. The molecular formula is C15H19N3O2. The van der Waals surface area contributed by atoms with E-state index in [1.54, 1.807) is 30.9 Å². The van der Waals surface area contributed by atoms with Crippen molar-refractivity contribution in [2.75, 3.05) is 17.2 Å². The van der Waals surface area contributed by atoms with Gasteiger partial charge in [-0.3, -0.25) is 4.79 Å². The van der Waals surface area contributed by atoms with Crippen LogP contribution in [0.2, 0.25) is 0 Å². The zero-order chi connectivity index (χ0) is 14.7. The highest BCUT2D eigenvalue weighted by Gasteiger charge is 2.23. The minimum absolute atomic E-state index is 0.185. The van der Waals surface area contributed by atoms with Gasteiger partial charge in [-0.15, -0.1) is 0 Å². The van der Waals surface area contributed by atoms with Crippen LogP contribution in [0, 0.1) is 13.8 Å². The van der Waals surface area contributed by atoms with Crippen molar-refractivity contribution < 1.29 is 9.21 Å². The zero-order valence-corrected chi connectivity index (χ0v) is 12.0. The SMILES string of the molecule is CCCN(C(=O)c1oc(C)nc1C)c1cccc(N)c1. The van der Waals surface area contributed by atoms with Gasteiger partial charge in [0.15, 0.2) is 5.89 Å². The fraction of sp³-hybridized carbons (Fsp3) is 0.333. The van der Waals surface area contributed by atoms with E-state index in [9.17, 15) is 4.79 Å². The first kappa shape index (κ1) is 14.1. The number of anilines is 2. The van der Waals surface area contributed by atoms with E-state index in [1.807, 2.05) is 19.1 Å². The Morgan fingerprint density at radius 1 is 1.40 bits per heavy atom. The summed E-state index contributed by atoms with van der Waals surface area (Å²) in [6.45, 7) is 6.12. The molecule has 0 aliphatic rings. The molecule has 0 radical (unpaired) electrons. The number of nitrogen functional groups attached to an aromatic ring is 1. The van der Waals surface area contributed by atoms with E-state index in [-0.39, 0.29) is 5.91 Å².